The lowest BCUT2D eigenvalue weighted by Gasteiger charge is -2.03. The Morgan fingerprint density at radius 3 is 2.67 bits per heavy atom. The predicted molar refractivity (Wildman–Crippen MR) is 52.4 cm³/mol. The fraction of sp³-hybridized carbons (Fsp3) is 0.200. The molecule has 0 spiro atoms. The SMILES string of the molecule is COC(=O)CC(=O)c1c(F)cccc1Cl. The van der Waals surface area contributed by atoms with Crippen LogP contribution in [0, 0.1) is 5.82 Å². The lowest BCUT2D eigenvalue weighted by Crippen LogP contribution is -2.11. The van der Waals surface area contributed by atoms with Gasteiger partial charge in [0.05, 0.1) is 17.7 Å². The summed E-state index contributed by atoms with van der Waals surface area (Å²) in [4.78, 5) is 22.2. The quantitative estimate of drug-likeness (QED) is 0.454. The largest absolute Gasteiger partial charge is 0.469 e. The fourth-order valence-corrected chi connectivity index (χ4v) is 1.32. The number of ketones is 1. The summed E-state index contributed by atoms with van der Waals surface area (Å²) < 4.78 is 17.5. The van der Waals surface area contributed by atoms with Gasteiger partial charge in [0.2, 0.25) is 0 Å². The van der Waals surface area contributed by atoms with Gasteiger partial charge in [-0.25, -0.2) is 4.39 Å². The number of rotatable bonds is 3. The molecule has 0 aliphatic heterocycles. The van der Waals surface area contributed by atoms with Gasteiger partial charge in [-0.1, -0.05) is 17.7 Å². The summed E-state index contributed by atoms with van der Waals surface area (Å²) in [6.45, 7) is 0. The van der Waals surface area contributed by atoms with E-state index in [4.69, 9.17) is 11.6 Å². The topological polar surface area (TPSA) is 43.4 Å². The molecule has 0 aliphatic rings. The Hall–Kier alpha value is -1.42. The summed E-state index contributed by atoms with van der Waals surface area (Å²) in [5.41, 5.74) is -0.274. The van der Waals surface area contributed by atoms with E-state index < -0.39 is 24.0 Å². The third kappa shape index (κ3) is 2.76. The van der Waals surface area contributed by atoms with Crippen molar-refractivity contribution in [1.29, 1.82) is 0 Å². The van der Waals surface area contributed by atoms with E-state index in [1.54, 1.807) is 0 Å². The minimum absolute atomic E-state index is 0.0103. The van der Waals surface area contributed by atoms with Crippen molar-refractivity contribution in [2.24, 2.45) is 0 Å². The van der Waals surface area contributed by atoms with Gasteiger partial charge in [-0.2, -0.15) is 0 Å². The molecule has 5 heteroatoms. The number of hydrogen-bond donors (Lipinski definition) is 0. The van der Waals surface area contributed by atoms with Crippen molar-refractivity contribution in [3.05, 3.63) is 34.6 Å². The lowest BCUT2D eigenvalue weighted by atomic mass is 10.1. The number of Topliss-reactive ketones (excluding diaryl/α,β-unsaturated/α-hetero) is 1. The van der Waals surface area contributed by atoms with Crippen molar-refractivity contribution < 1.29 is 18.7 Å². The fourth-order valence-electron chi connectivity index (χ4n) is 1.06. The summed E-state index contributed by atoms with van der Waals surface area (Å²) >= 11 is 5.64. The van der Waals surface area contributed by atoms with Crippen molar-refractivity contribution in [2.75, 3.05) is 7.11 Å². The summed E-state index contributed by atoms with van der Waals surface area (Å²) in [7, 11) is 1.15. The summed E-state index contributed by atoms with van der Waals surface area (Å²) in [5.74, 6) is -2.15. The Kier molecular flexibility index (Phi) is 3.80. The molecule has 0 saturated carbocycles. The molecule has 0 unspecified atom stereocenters. The van der Waals surface area contributed by atoms with E-state index in [0.717, 1.165) is 13.2 Å². The van der Waals surface area contributed by atoms with Crippen LogP contribution in [0.4, 0.5) is 4.39 Å². The van der Waals surface area contributed by atoms with E-state index in [1.807, 2.05) is 0 Å². The van der Waals surface area contributed by atoms with E-state index in [1.165, 1.54) is 12.1 Å². The highest BCUT2D eigenvalue weighted by atomic mass is 35.5. The monoisotopic (exact) mass is 230 g/mol. The first-order valence-corrected chi connectivity index (χ1v) is 4.48. The zero-order valence-electron chi connectivity index (χ0n) is 7.92. The van der Waals surface area contributed by atoms with E-state index in [-0.39, 0.29) is 10.6 Å². The molecule has 0 fully saturated rings. The molecule has 1 aromatic rings. The average Bonchev–Trinajstić information content (AvgIpc) is 2.17. The number of hydrogen-bond acceptors (Lipinski definition) is 3. The van der Waals surface area contributed by atoms with Crippen LogP contribution in [-0.4, -0.2) is 18.9 Å². The smallest absolute Gasteiger partial charge is 0.313 e. The number of methoxy groups -OCH3 is 1. The Bertz CT molecular complexity index is 383. The molecule has 1 rings (SSSR count). The number of benzene rings is 1. The predicted octanol–water partition coefficient (Wildman–Crippen LogP) is 2.22. The van der Waals surface area contributed by atoms with Crippen LogP contribution < -0.4 is 0 Å². The summed E-state index contributed by atoms with van der Waals surface area (Å²) in [6.07, 6.45) is -0.517. The van der Waals surface area contributed by atoms with Crippen LogP contribution in [0.2, 0.25) is 5.02 Å². The summed E-state index contributed by atoms with van der Waals surface area (Å²) in [6, 6.07) is 3.87. The second-order valence-corrected chi connectivity index (χ2v) is 3.18. The zero-order chi connectivity index (χ0) is 11.4. The molecule has 80 valence electrons. The number of carbonyl (C=O) groups excluding carboxylic acids is 2. The minimum Gasteiger partial charge on any atom is -0.469 e. The van der Waals surface area contributed by atoms with Crippen LogP contribution in [0.25, 0.3) is 0 Å². The van der Waals surface area contributed by atoms with Crippen LogP contribution in [0.5, 0.6) is 0 Å². The van der Waals surface area contributed by atoms with Crippen molar-refractivity contribution in [3.63, 3.8) is 0 Å². The molecule has 0 heterocycles. The highest BCUT2D eigenvalue weighted by molar-refractivity contribution is 6.34. The van der Waals surface area contributed by atoms with Gasteiger partial charge in [0, 0.05) is 0 Å². The van der Waals surface area contributed by atoms with Gasteiger partial charge in [-0.05, 0) is 12.1 Å². The normalized spacial score (nSPS) is 9.80. The Morgan fingerprint density at radius 2 is 2.13 bits per heavy atom. The van der Waals surface area contributed by atoms with Gasteiger partial charge in [-0.15, -0.1) is 0 Å². The maximum absolute atomic E-state index is 13.2. The molecule has 0 aliphatic carbocycles. The van der Waals surface area contributed by atoms with Crippen LogP contribution in [0.15, 0.2) is 18.2 Å². The van der Waals surface area contributed by atoms with E-state index >= 15 is 0 Å². The third-order valence-corrected chi connectivity index (χ3v) is 2.09. The van der Waals surface area contributed by atoms with Crippen molar-refractivity contribution in [1.82, 2.24) is 0 Å². The van der Waals surface area contributed by atoms with Crippen molar-refractivity contribution in [3.8, 4) is 0 Å². The van der Waals surface area contributed by atoms with Gasteiger partial charge in [0.25, 0.3) is 0 Å². The van der Waals surface area contributed by atoms with Crippen LogP contribution in [0.1, 0.15) is 16.8 Å². The van der Waals surface area contributed by atoms with Crippen LogP contribution in [-0.2, 0) is 9.53 Å². The number of halogens is 2. The Morgan fingerprint density at radius 1 is 1.47 bits per heavy atom. The van der Waals surface area contributed by atoms with Crippen molar-refractivity contribution in [2.45, 2.75) is 6.42 Å². The Balaban J connectivity index is 2.96. The molecular formula is C10H8ClFO3. The molecule has 0 N–H and O–H groups in total. The standard InChI is InChI=1S/C10H8ClFO3/c1-15-9(14)5-8(13)10-6(11)3-2-4-7(10)12/h2-4H,5H2,1H3. The van der Waals surface area contributed by atoms with E-state index in [9.17, 15) is 14.0 Å². The highest BCUT2D eigenvalue weighted by Crippen LogP contribution is 2.20. The molecule has 3 nitrogen and oxygen atoms in total. The first kappa shape index (κ1) is 11.7. The first-order valence-electron chi connectivity index (χ1n) is 4.10. The molecule has 0 saturated heterocycles. The van der Waals surface area contributed by atoms with Gasteiger partial charge in [0.1, 0.15) is 12.2 Å². The number of esters is 1. The molecule has 0 amide bonds. The maximum atomic E-state index is 13.2. The second-order valence-electron chi connectivity index (χ2n) is 2.77. The number of carbonyl (C=O) groups is 2. The molecule has 0 atom stereocenters. The van der Waals surface area contributed by atoms with Gasteiger partial charge in [-0.3, -0.25) is 9.59 Å². The molecular weight excluding hydrogens is 223 g/mol. The van der Waals surface area contributed by atoms with Gasteiger partial charge < -0.3 is 4.74 Å². The molecule has 15 heavy (non-hydrogen) atoms. The van der Waals surface area contributed by atoms with E-state index in [0.29, 0.717) is 0 Å². The number of ether oxygens (including phenoxy) is 1. The van der Waals surface area contributed by atoms with Crippen LogP contribution in [0.3, 0.4) is 0 Å². The summed E-state index contributed by atoms with van der Waals surface area (Å²) in [5, 5.41) is -0.0103. The minimum atomic E-state index is -0.739. The first-order chi connectivity index (χ1) is 7.06. The third-order valence-electron chi connectivity index (χ3n) is 1.77. The molecule has 0 bridgehead atoms. The molecule has 0 radical (unpaired) electrons. The average molecular weight is 231 g/mol. The van der Waals surface area contributed by atoms with Gasteiger partial charge >= 0.3 is 5.97 Å². The van der Waals surface area contributed by atoms with Crippen molar-refractivity contribution >= 4 is 23.4 Å². The van der Waals surface area contributed by atoms with Crippen LogP contribution >= 0.6 is 11.6 Å². The second kappa shape index (κ2) is 4.89. The highest BCUT2D eigenvalue weighted by Gasteiger charge is 2.18. The molecule has 0 aromatic heterocycles. The van der Waals surface area contributed by atoms with Gasteiger partial charge in [0.15, 0.2) is 5.78 Å². The maximum Gasteiger partial charge on any atom is 0.313 e. The Labute approximate surface area is 90.8 Å². The lowest BCUT2D eigenvalue weighted by molar-refractivity contribution is -0.139. The zero-order valence-corrected chi connectivity index (χ0v) is 8.68. The molecule has 1 aromatic carbocycles. The van der Waals surface area contributed by atoms with E-state index in [2.05, 4.69) is 4.74 Å².